The molecule has 4 N–H and O–H groups in total. The second-order valence-corrected chi connectivity index (χ2v) is 9.10. The molecule has 0 spiro atoms. The van der Waals surface area contributed by atoms with Gasteiger partial charge in [0.1, 0.15) is 23.1 Å². The van der Waals surface area contributed by atoms with Crippen molar-refractivity contribution in [3.8, 4) is 12.5 Å². The zero-order valence-electron chi connectivity index (χ0n) is 19.8. The van der Waals surface area contributed by atoms with E-state index in [1.807, 2.05) is 6.08 Å². The van der Waals surface area contributed by atoms with E-state index in [1.165, 1.54) is 32.1 Å². The summed E-state index contributed by atoms with van der Waals surface area (Å²) in [6.45, 7) is 0.298. The summed E-state index contributed by atoms with van der Waals surface area (Å²) < 4.78 is 10.6. The van der Waals surface area contributed by atoms with Gasteiger partial charge in [0.2, 0.25) is 0 Å². The molecular formula is C23H28Cl2N2O8S. The van der Waals surface area contributed by atoms with Gasteiger partial charge in [0.05, 0.1) is 24.8 Å². The number of amides is 2. The predicted octanol–water partition coefficient (Wildman–Crippen LogP) is 3.11. The lowest BCUT2D eigenvalue weighted by Gasteiger charge is -2.20. The maximum atomic E-state index is 12.6. The molecule has 1 unspecified atom stereocenters. The molecule has 2 amide bonds. The fraction of sp³-hybridized carbons (Fsp3) is 0.435. The van der Waals surface area contributed by atoms with E-state index in [4.69, 9.17) is 37.9 Å². The summed E-state index contributed by atoms with van der Waals surface area (Å²) in [5.41, 5.74) is 0.476. The molecule has 0 aromatic rings. The number of allylic oxidation sites excluding steroid dienone is 4. The van der Waals surface area contributed by atoms with Crippen LogP contribution in [0.25, 0.3) is 0 Å². The zero-order valence-corrected chi connectivity index (χ0v) is 22.1. The summed E-state index contributed by atoms with van der Waals surface area (Å²) in [6.07, 6.45) is 11.7. The number of carbonyl (C=O) groups excluding carboxylic acids is 2. The lowest BCUT2D eigenvalue weighted by molar-refractivity contribution is -0.171. The molecule has 0 radical (unpaired) electrons. The van der Waals surface area contributed by atoms with Gasteiger partial charge < -0.3 is 25.2 Å². The van der Waals surface area contributed by atoms with Gasteiger partial charge in [-0.15, -0.1) is 0 Å². The van der Waals surface area contributed by atoms with Crippen molar-refractivity contribution in [3.63, 3.8) is 0 Å². The maximum absolute atomic E-state index is 12.6. The summed E-state index contributed by atoms with van der Waals surface area (Å²) in [6, 6.07) is -1.13. The molecule has 198 valence electrons. The van der Waals surface area contributed by atoms with Crippen molar-refractivity contribution >= 4 is 52.7 Å². The van der Waals surface area contributed by atoms with Crippen LogP contribution in [0.2, 0.25) is 0 Å². The Balaban J connectivity index is 0.00000150. The molecule has 0 saturated carbocycles. The number of carbonyl (C=O) groups is 3. The third-order valence-electron chi connectivity index (χ3n) is 4.82. The van der Waals surface area contributed by atoms with Crippen molar-refractivity contribution in [2.75, 3.05) is 32.3 Å². The largest absolute Gasteiger partial charge is 0.500 e. The van der Waals surface area contributed by atoms with Crippen LogP contribution in [0.15, 0.2) is 44.9 Å². The van der Waals surface area contributed by atoms with Crippen LogP contribution in [0.3, 0.4) is 0 Å². The average molecular weight is 563 g/mol. The third-order valence-corrected chi connectivity index (χ3v) is 6.60. The van der Waals surface area contributed by atoms with Crippen LogP contribution in [0.5, 0.6) is 0 Å². The normalized spacial score (nSPS) is 15.8. The van der Waals surface area contributed by atoms with Crippen LogP contribution < -0.4 is 10.6 Å². The molecule has 0 fully saturated rings. The van der Waals surface area contributed by atoms with Gasteiger partial charge in [-0.2, -0.15) is 17.0 Å². The lowest BCUT2D eigenvalue weighted by Crippen LogP contribution is -2.43. The molecule has 0 heterocycles. The first kappa shape index (κ1) is 31.3. The van der Waals surface area contributed by atoms with Crippen LogP contribution in [-0.2, 0) is 28.7 Å². The molecule has 0 aromatic carbocycles. The minimum absolute atomic E-state index is 0.110. The zero-order chi connectivity index (χ0) is 27.1. The Morgan fingerprint density at radius 3 is 2.36 bits per heavy atom. The van der Waals surface area contributed by atoms with Crippen molar-refractivity contribution in [1.82, 2.24) is 10.6 Å². The first-order valence-electron chi connectivity index (χ1n) is 10.6. The number of carboxylic acid groups (broad SMARTS) is 1. The number of aliphatic carboxylic acids is 1. The summed E-state index contributed by atoms with van der Waals surface area (Å²) in [5.74, 6) is -0.530. The van der Waals surface area contributed by atoms with Gasteiger partial charge >= 0.3 is 5.97 Å². The Morgan fingerprint density at radius 2 is 1.81 bits per heavy atom. The molecule has 10 nitrogen and oxygen atoms in total. The highest BCUT2D eigenvalue weighted by molar-refractivity contribution is 7.99. The van der Waals surface area contributed by atoms with E-state index in [-0.39, 0.29) is 22.3 Å². The van der Waals surface area contributed by atoms with Crippen molar-refractivity contribution in [1.29, 1.82) is 0 Å². The van der Waals surface area contributed by atoms with E-state index in [0.717, 1.165) is 6.42 Å². The highest BCUT2D eigenvalue weighted by Crippen LogP contribution is 2.30. The molecule has 0 aromatic heterocycles. The van der Waals surface area contributed by atoms with Gasteiger partial charge in [-0.1, -0.05) is 35.7 Å². The molecule has 2 aliphatic rings. The van der Waals surface area contributed by atoms with Crippen LogP contribution >= 0.6 is 35.0 Å². The number of thioether (sulfide) groups is 1. The Labute approximate surface area is 223 Å². The molecule has 36 heavy (non-hydrogen) atoms. The highest BCUT2D eigenvalue weighted by Gasteiger charge is 2.27. The number of nitrogens with one attached hydrogen (secondary N) is 2. The smallest absolute Gasteiger partial charge is 0.327 e. The minimum Gasteiger partial charge on any atom is -0.500 e. The fourth-order valence-electron chi connectivity index (χ4n) is 3.17. The molecule has 0 saturated heterocycles. The number of carboxylic acids is 1. The van der Waals surface area contributed by atoms with E-state index >= 15 is 0 Å². The van der Waals surface area contributed by atoms with Gasteiger partial charge in [0, 0.05) is 29.5 Å². The topological polar surface area (TPSA) is 143 Å². The predicted molar refractivity (Wildman–Crippen MR) is 137 cm³/mol. The summed E-state index contributed by atoms with van der Waals surface area (Å²) in [5, 5.41) is 22.4. The number of halogens is 2. The van der Waals surface area contributed by atoms with E-state index < -0.39 is 17.9 Å². The number of methoxy groups -OCH3 is 2. The Kier molecular flexibility index (Phi) is 14.6. The molecular weight excluding hydrogens is 535 g/mol. The minimum atomic E-state index is -1.17. The van der Waals surface area contributed by atoms with E-state index in [0.29, 0.717) is 53.7 Å². The summed E-state index contributed by atoms with van der Waals surface area (Å²) >= 11 is 13.4. The van der Waals surface area contributed by atoms with E-state index in [9.17, 15) is 19.5 Å². The van der Waals surface area contributed by atoms with Gasteiger partial charge in [-0.3, -0.25) is 14.5 Å². The van der Waals surface area contributed by atoms with Crippen molar-refractivity contribution < 1.29 is 39.1 Å². The van der Waals surface area contributed by atoms with Crippen LogP contribution in [0, 0.1) is 12.5 Å². The molecule has 13 heteroatoms. The number of ether oxygens (including phenoxy) is 2. The monoisotopic (exact) mass is 562 g/mol. The number of hydrogen-bond acceptors (Lipinski definition) is 8. The second-order valence-electron chi connectivity index (χ2n) is 7.09. The fourth-order valence-corrected chi connectivity index (χ4v) is 4.70. The number of hydrogen-bond donors (Lipinski definition) is 4. The van der Waals surface area contributed by atoms with Gasteiger partial charge in [0.25, 0.3) is 11.8 Å². The number of rotatable bonds is 11. The first-order valence-corrected chi connectivity index (χ1v) is 12.5. The molecule has 2 aliphatic carbocycles. The second kappa shape index (κ2) is 16.8. The molecule has 0 bridgehead atoms. The van der Waals surface area contributed by atoms with Crippen LogP contribution in [0.1, 0.15) is 25.7 Å². The van der Waals surface area contributed by atoms with E-state index in [2.05, 4.69) is 21.9 Å². The maximum Gasteiger partial charge on any atom is 0.327 e. The SMILES string of the molecule is C#COO.COC1=CCCC(OC)=C1C(=O)NCCSCC(NC(=O)C1=C(Cl)CCC=C1Cl)C(=O)O. The van der Waals surface area contributed by atoms with Crippen LogP contribution in [0.4, 0.5) is 0 Å². The van der Waals surface area contributed by atoms with Crippen molar-refractivity contribution in [3.05, 3.63) is 44.9 Å². The van der Waals surface area contributed by atoms with E-state index in [1.54, 1.807) is 6.08 Å². The lowest BCUT2D eigenvalue weighted by atomic mass is 10.0. The standard InChI is InChI=1S/C21H26Cl2N2O6S.C2H2O2/c1-30-15-7-4-8-16(31-2)18(15)19(26)24-9-10-32-11-14(21(28)29)25-20(27)17-12(22)5-3-6-13(17)23;1-2-4-3/h5,7,14H,3-4,6,8-11H2,1-2H3,(H,24,26)(H,25,27)(H,28,29);1,3H. The third kappa shape index (κ3) is 9.70. The molecule has 0 aliphatic heterocycles. The van der Waals surface area contributed by atoms with Gasteiger partial charge in [0.15, 0.2) is 6.11 Å². The summed E-state index contributed by atoms with van der Waals surface area (Å²) in [7, 11) is 3.00. The van der Waals surface area contributed by atoms with Gasteiger partial charge in [-0.05, 0) is 25.3 Å². The summed E-state index contributed by atoms with van der Waals surface area (Å²) in [4.78, 5) is 39.7. The Bertz CT molecular complexity index is 985. The van der Waals surface area contributed by atoms with Crippen LogP contribution in [-0.4, -0.2) is 66.5 Å². The number of terminal acetylenes is 1. The van der Waals surface area contributed by atoms with Crippen molar-refractivity contribution in [2.24, 2.45) is 0 Å². The Morgan fingerprint density at radius 1 is 1.14 bits per heavy atom. The average Bonchev–Trinajstić information content (AvgIpc) is 2.86. The molecule has 2 rings (SSSR count). The Hall–Kier alpha value is -2.78. The highest BCUT2D eigenvalue weighted by atomic mass is 35.5. The first-order chi connectivity index (χ1) is 17.2. The van der Waals surface area contributed by atoms with Gasteiger partial charge in [-0.25, -0.2) is 4.79 Å². The quantitative estimate of drug-likeness (QED) is 0.129. The van der Waals surface area contributed by atoms with Crippen molar-refractivity contribution in [2.45, 2.75) is 31.7 Å². The molecule has 1 atom stereocenters.